The second-order valence-corrected chi connectivity index (χ2v) is 5.71. The molecule has 2 aromatic carbocycles. The van der Waals surface area contributed by atoms with Gasteiger partial charge in [0.25, 0.3) is 0 Å². The monoisotopic (exact) mass is 352 g/mol. The van der Waals surface area contributed by atoms with Crippen molar-refractivity contribution in [3.63, 3.8) is 0 Å². The fourth-order valence-corrected chi connectivity index (χ4v) is 2.68. The molecule has 124 valence electrons. The summed E-state index contributed by atoms with van der Waals surface area (Å²) in [6, 6.07) is 10.1. The summed E-state index contributed by atoms with van der Waals surface area (Å²) in [4.78, 5) is 15.1. The largest absolute Gasteiger partial charge is 0.418 e. The first-order valence-corrected chi connectivity index (χ1v) is 7.44. The second kappa shape index (κ2) is 6.20. The van der Waals surface area contributed by atoms with Gasteiger partial charge in [-0.25, -0.2) is 0 Å². The third-order valence-electron chi connectivity index (χ3n) is 3.59. The van der Waals surface area contributed by atoms with Gasteiger partial charge in [0.2, 0.25) is 5.91 Å². The summed E-state index contributed by atoms with van der Waals surface area (Å²) in [6.07, 6.45) is -2.93. The number of halogens is 4. The molecule has 0 saturated carbocycles. The Morgan fingerprint density at radius 1 is 1.17 bits per heavy atom. The number of fused-ring (bicyclic) bond motifs is 1. The zero-order valence-corrected chi connectivity index (χ0v) is 13.0. The van der Waals surface area contributed by atoms with Crippen LogP contribution in [0.25, 0.3) is 10.9 Å². The molecule has 0 aliphatic heterocycles. The van der Waals surface area contributed by atoms with Crippen LogP contribution in [0, 0.1) is 0 Å². The molecule has 2 N–H and O–H groups in total. The van der Waals surface area contributed by atoms with E-state index in [0.717, 1.165) is 17.0 Å². The minimum Gasteiger partial charge on any atom is -0.361 e. The second-order valence-electron chi connectivity index (χ2n) is 5.27. The van der Waals surface area contributed by atoms with E-state index in [2.05, 4.69) is 10.3 Å². The molecule has 1 aromatic heterocycles. The van der Waals surface area contributed by atoms with Gasteiger partial charge in [-0.2, -0.15) is 13.2 Å². The van der Waals surface area contributed by atoms with Crippen molar-refractivity contribution in [3.05, 3.63) is 64.8 Å². The van der Waals surface area contributed by atoms with E-state index >= 15 is 0 Å². The van der Waals surface area contributed by atoms with Crippen LogP contribution in [-0.4, -0.2) is 10.9 Å². The van der Waals surface area contributed by atoms with Crippen LogP contribution in [0.15, 0.2) is 48.7 Å². The summed E-state index contributed by atoms with van der Waals surface area (Å²) < 4.78 is 38.9. The number of hydrogen-bond donors (Lipinski definition) is 2. The lowest BCUT2D eigenvalue weighted by molar-refractivity contribution is -0.137. The zero-order valence-electron chi connectivity index (χ0n) is 12.2. The lowest BCUT2D eigenvalue weighted by Gasteiger charge is -2.13. The summed E-state index contributed by atoms with van der Waals surface area (Å²) in [5.41, 5.74) is 0.326. The summed E-state index contributed by atoms with van der Waals surface area (Å²) in [5, 5.41) is 3.69. The van der Waals surface area contributed by atoms with Crippen LogP contribution in [-0.2, 0) is 17.4 Å². The molecule has 0 radical (unpaired) electrons. The highest BCUT2D eigenvalue weighted by Gasteiger charge is 2.33. The van der Waals surface area contributed by atoms with Gasteiger partial charge in [-0.15, -0.1) is 0 Å². The van der Waals surface area contributed by atoms with Gasteiger partial charge in [-0.1, -0.05) is 29.8 Å². The van der Waals surface area contributed by atoms with Crippen molar-refractivity contribution in [2.24, 2.45) is 0 Å². The van der Waals surface area contributed by atoms with Crippen LogP contribution < -0.4 is 5.32 Å². The number of carbonyl (C=O) groups excluding carboxylic acids is 1. The third-order valence-corrected chi connectivity index (χ3v) is 3.82. The number of aromatic nitrogens is 1. The van der Waals surface area contributed by atoms with Crippen molar-refractivity contribution in [1.82, 2.24) is 4.98 Å². The Bertz CT molecular complexity index is 902. The first-order chi connectivity index (χ1) is 11.3. The fourth-order valence-electron chi connectivity index (χ4n) is 2.51. The van der Waals surface area contributed by atoms with Crippen LogP contribution in [0.1, 0.15) is 11.1 Å². The normalized spacial score (nSPS) is 11.7. The Hall–Kier alpha value is -2.47. The van der Waals surface area contributed by atoms with Crippen molar-refractivity contribution in [3.8, 4) is 0 Å². The van der Waals surface area contributed by atoms with Crippen LogP contribution in [0.5, 0.6) is 0 Å². The van der Waals surface area contributed by atoms with Crippen molar-refractivity contribution in [2.75, 3.05) is 5.32 Å². The Kier molecular flexibility index (Phi) is 4.24. The number of hydrogen-bond acceptors (Lipinski definition) is 1. The number of nitrogens with one attached hydrogen (secondary N) is 2. The average Bonchev–Trinajstić information content (AvgIpc) is 2.88. The predicted molar refractivity (Wildman–Crippen MR) is 87.1 cm³/mol. The number of alkyl halides is 3. The van der Waals surface area contributed by atoms with E-state index in [1.54, 1.807) is 24.4 Å². The Morgan fingerprint density at radius 3 is 2.67 bits per heavy atom. The zero-order chi connectivity index (χ0) is 17.3. The van der Waals surface area contributed by atoms with E-state index < -0.39 is 17.6 Å². The van der Waals surface area contributed by atoms with Crippen LogP contribution in [0.3, 0.4) is 0 Å². The third kappa shape index (κ3) is 3.38. The molecule has 1 heterocycles. The molecule has 24 heavy (non-hydrogen) atoms. The van der Waals surface area contributed by atoms with Crippen molar-refractivity contribution < 1.29 is 18.0 Å². The van der Waals surface area contributed by atoms with E-state index in [4.69, 9.17) is 11.6 Å². The highest BCUT2D eigenvalue weighted by molar-refractivity contribution is 6.31. The molecule has 0 saturated heterocycles. The predicted octanol–water partition coefficient (Wildman–Crippen LogP) is 5.02. The SMILES string of the molecule is O=C(Cc1c[nH]c2cc(Cl)ccc12)Nc1ccccc1C(F)(F)F. The van der Waals surface area contributed by atoms with Gasteiger partial charge in [0, 0.05) is 22.1 Å². The lowest BCUT2D eigenvalue weighted by atomic mass is 10.1. The van der Waals surface area contributed by atoms with Gasteiger partial charge < -0.3 is 10.3 Å². The maximum atomic E-state index is 13.0. The van der Waals surface area contributed by atoms with Gasteiger partial charge in [-0.05, 0) is 29.8 Å². The molecule has 0 spiro atoms. The number of carbonyl (C=O) groups is 1. The minimum atomic E-state index is -4.53. The molecular formula is C17H12ClF3N2O. The van der Waals surface area contributed by atoms with Gasteiger partial charge in [0.05, 0.1) is 17.7 Å². The molecule has 0 bridgehead atoms. The van der Waals surface area contributed by atoms with Crippen LogP contribution in [0.4, 0.5) is 18.9 Å². The standard InChI is InChI=1S/C17H12ClF3N2O/c18-11-5-6-12-10(9-22-15(12)8-11)7-16(24)23-14-4-2-1-3-13(14)17(19,20)21/h1-6,8-9,22H,7H2,(H,23,24). The molecule has 3 rings (SSSR count). The molecule has 0 atom stereocenters. The number of anilines is 1. The Labute approximate surface area is 140 Å². The van der Waals surface area contributed by atoms with E-state index in [-0.39, 0.29) is 12.1 Å². The van der Waals surface area contributed by atoms with E-state index in [9.17, 15) is 18.0 Å². The highest BCUT2D eigenvalue weighted by atomic mass is 35.5. The van der Waals surface area contributed by atoms with Crippen LogP contribution in [0.2, 0.25) is 5.02 Å². The number of H-pyrrole nitrogens is 1. The maximum Gasteiger partial charge on any atom is 0.418 e. The molecule has 0 fully saturated rings. The molecule has 0 aliphatic carbocycles. The van der Waals surface area contributed by atoms with Crippen molar-refractivity contribution in [2.45, 2.75) is 12.6 Å². The first-order valence-electron chi connectivity index (χ1n) is 7.06. The van der Waals surface area contributed by atoms with E-state index in [1.165, 1.54) is 18.2 Å². The Balaban J connectivity index is 1.81. The lowest BCUT2D eigenvalue weighted by Crippen LogP contribution is -2.18. The first kappa shape index (κ1) is 16.4. The molecule has 7 heteroatoms. The number of aromatic amines is 1. The van der Waals surface area contributed by atoms with Gasteiger partial charge >= 0.3 is 6.18 Å². The van der Waals surface area contributed by atoms with Gasteiger partial charge in [0.1, 0.15) is 0 Å². The molecule has 0 aliphatic rings. The smallest absolute Gasteiger partial charge is 0.361 e. The molecule has 3 nitrogen and oxygen atoms in total. The fraction of sp³-hybridized carbons (Fsp3) is 0.118. The van der Waals surface area contributed by atoms with Gasteiger partial charge in [0.15, 0.2) is 0 Å². The number of para-hydroxylation sites is 1. The Morgan fingerprint density at radius 2 is 1.92 bits per heavy atom. The number of benzene rings is 2. The summed E-state index contributed by atoms with van der Waals surface area (Å²) >= 11 is 5.90. The minimum absolute atomic E-state index is 0.0478. The average molecular weight is 353 g/mol. The molecule has 0 unspecified atom stereocenters. The number of rotatable bonds is 3. The van der Waals surface area contributed by atoms with Crippen molar-refractivity contribution >= 4 is 34.1 Å². The van der Waals surface area contributed by atoms with Gasteiger partial charge in [-0.3, -0.25) is 4.79 Å². The summed E-state index contributed by atoms with van der Waals surface area (Å²) in [5.74, 6) is -0.525. The summed E-state index contributed by atoms with van der Waals surface area (Å²) in [7, 11) is 0. The number of amides is 1. The van der Waals surface area contributed by atoms with E-state index in [0.29, 0.717) is 10.6 Å². The quantitative estimate of drug-likeness (QED) is 0.683. The maximum absolute atomic E-state index is 13.0. The summed E-state index contributed by atoms with van der Waals surface area (Å²) in [6.45, 7) is 0. The van der Waals surface area contributed by atoms with Crippen LogP contribution >= 0.6 is 11.6 Å². The molecular weight excluding hydrogens is 341 g/mol. The van der Waals surface area contributed by atoms with E-state index in [1.807, 2.05) is 0 Å². The highest BCUT2D eigenvalue weighted by Crippen LogP contribution is 2.34. The molecule has 3 aromatic rings. The molecule has 1 amide bonds. The van der Waals surface area contributed by atoms with Crippen molar-refractivity contribution in [1.29, 1.82) is 0 Å². The topological polar surface area (TPSA) is 44.9 Å².